The number of aliphatic hydroxyl groups excluding tert-OH is 1. The molecule has 0 aromatic rings. The molecular weight excluding hydrogens is 143 g/mol. The maximum atomic E-state index is 10.4. The third-order valence-corrected chi connectivity index (χ3v) is 1.38. The molecule has 0 aliphatic heterocycles. The second-order valence-corrected chi connectivity index (χ2v) is 2.16. The van der Waals surface area contributed by atoms with Crippen molar-refractivity contribution >= 4 is 8.25 Å². The smallest absolute Gasteiger partial charge is 0.394 e. The zero-order chi connectivity index (χ0) is 7.11. The average molecular weight is 153 g/mol. The number of hydrogen-bond donors (Lipinski definition) is 1. The van der Waals surface area contributed by atoms with Crippen molar-refractivity contribution in [2.24, 2.45) is 0 Å². The lowest BCUT2D eigenvalue weighted by Gasteiger charge is -1.82. The summed E-state index contributed by atoms with van der Waals surface area (Å²) in [4.78, 5) is 0. The van der Waals surface area contributed by atoms with E-state index in [1.165, 1.54) is 0 Å². The van der Waals surface area contributed by atoms with Gasteiger partial charge in [0.1, 0.15) is 13.2 Å². The van der Waals surface area contributed by atoms with Crippen molar-refractivity contribution < 1.29 is 18.7 Å². The molecule has 0 saturated carbocycles. The van der Waals surface area contributed by atoms with Gasteiger partial charge in [0, 0.05) is 4.57 Å². The summed E-state index contributed by atoms with van der Waals surface area (Å²) in [6.45, 7) is 2.01. The third-order valence-electron chi connectivity index (χ3n) is 0.522. The summed E-state index contributed by atoms with van der Waals surface area (Å²) in [7, 11) is -2.00. The molecule has 0 heterocycles. The fourth-order valence-corrected chi connectivity index (χ4v) is 0.774. The van der Waals surface area contributed by atoms with Crippen molar-refractivity contribution in [3.05, 3.63) is 0 Å². The molecule has 0 radical (unpaired) electrons. The molecule has 0 bridgehead atoms. The highest BCUT2D eigenvalue weighted by atomic mass is 31.1. The number of hydrogen-bond acceptors (Lipinski definition) is 4. The van der Waals surface area contributed by atoms with Crippen LogP contribution in [0.2, 0.25) is 0 Å². The molecule has 9 heavy (non-hydrogen) atoms. The van der Waals surface area contributed by atoms with E-state index in [-0.39, 0.29) is 13.2 Å². The van der Waals surface area contributed by atoms with Crippen LogP contribution in [-0.4, -0.2) is 24.9 Å². The van der Waals surface area contributed by atoms with Gasteiger partial charge in [0.05, 0.1) is 6.61 Å². The number of rotatable bonds is 5. The minimum Gasteiger partial charge on any atom is -0.394 e. The van der Waals surface area contributed by atoms with Gasteiger partial charge in [-0.1, -0.05) is 0 Å². The first-order valence-electron chi connectivity index (χ1n) is 2.65. The lowest BCUT2D eigenvalue weighted by Crippen LogP contribution is -1.92. The van der Waals surface area contributed by atoms with Gasteiger partial charge in [-0.05, 0) is 6.92 Å². The molecular formula is C4H10O4P+. The highest BCUT2D eigenvalue weighted by molar-refractivity contribution is 7.33. The minimum atomic E-state index is -2.00. The Morgan fingerprint density at radius 2 is 2.22 bits per heavy atom. The molecule has 0 saturated heterocycles. The van der Waals surface area contributed by atoms with Gasteiger partial charge in [-0.3, -0.25) is 0 Å². The van der Waals surface area contributed by atoms with E-state index in [2.05, 4.69) is 9.05 Å². The standard InChI is InChI=1S/C4H10O4P/c1-2-7-9(6)8-4-3-5/h5H,2-4H2,1H3/q+1. The molecule has 0 rings (SSSR count). The second kappa shape index (κ2) is 6.11. The van der Waals surface area contributed by atoms with Crippen LogP contribution < -0.4 is 0 Å². The summed E-state index contributed by atoms with van der Waals surface area (Å²) >= 11 is 0. The van der Waals surface area contributed by atoms with Crippen LogP contribution in [0.25, 0.3) is 0 Å². The van der Waals surface area contributed by atoms with Crippen LogP contribution in [0.3, 0.4) is 0 Å². The zero-order valence-corrected chi connectivity index (χ0v) is 6.13. The minimum absolute atomic E-state index is 0.0647. The molecule has 0 amide bonds. The van der Waals surface area contributed by atoms with Gasteiger partial charge in [-0.25, -0.2) is 0 Å². The second-order valence-electron chi connectivity index (χ2n) is 1.20. The molecule has 0 aromatic carbocycles. The molecule has 1 unspecified atom stereocenters. The van der Waals surface area contributed by atoms with Crippen LogP contribution in [-0.2, 0) is 13.6 Å². The van der Waals surface area contributed by atoms with E-state index < -0.39 is 8.25 Å². The molecule has 0 spiro atoms. The van der Waals surface area contributed by atoms with Crippen molar-refractivity contribution in [1.29, 1.82) is 0 Å². The summed E-state index contributed by atoms with van der Waals surface area (Å²) in [6.07, 6.45) is 0. The third kappa shape index (κ3) is 5.86. The Balaban J connectivity index is 3.06. The van der Waals surface area contributed by atoms with E-state index >= 15 is 0 Å². The summed E-state index contributed by atoms with van der Waals surface area (Å²) in [5.74, 6) is 0. The zero-order valence-electron chi connectivity index (χ0n) is 5.24. The monoisotopic (exact) mass is 153 g/mol. The average Bonchev–Trinajstić information content (AvgIpc) is 1.85. The fraction of sp³-hybridized carbons (Fsp3) is 1.00. The van der Waals surface area contributed by atoms with Crippen molar-refractivity contribution in [3.63, 3.8) is 0 Å². The van der Waals surface area contributed by atoms with Gasteiger partial charge in [0.2, 0.25) is 0 Å². The summed E-state index contributed by atoms with van der Waals surface area (Å²) in [6, 6.07) is 0. The first-order chi connectivity index (χ1) is 4.31. The van der Waals surface area contributed by atoms with Gasteiger partial charge < -0.3 is 5.11 Å². The summed E-state index contributed by atoms with van der Waals surface area (Å²) < 4.78 is 19.4. The molecule has 4 nitrogen and oxygen atoms in total. The normalized spacial score (nSPS) is 11.6. The predicted molar refractivity (Wildman–Crippen MR) is 32.3 cm³/mol. The lowest BCUT2D eigenvalue weighted by molar-refractivity contribution is 0.177. The van der Waals surface area contributed by atoms with E-state index in [1.54, 1.807) is 6.92 Å². The summed E-state index contributed by atoms with van der Waals surface area (Å²) in [5.41, 5.74) is 0. The SMILES string of the molecule is CCO[P+](=O)OCCO. The largest absolute Gasteiger partial charge is 0.697 e. The van der Waals surface area contributed by atoms with E-state index in [1.807, 2.05) is 0 Å². The molecule has 0 fully saturated rings. The van der Waals surface area contributed by atoms with Crippen LogP contribution >= 0.6 is 8.25 Å². The van der Waals surface area contributed by atoms with E-state index in [0.717, 1.165) is 0 Å². The van der Waals surface area contributed by atoms with Gasteiger partial charge in [0.15, 0.2) is 0 Å². The Bertz CT molecular complexity index is 84.6. The summed E-state index contributed by atoms with van der Waals surface area (Å²) in [5, 5.41) is 8.17. The van der Waals surface area contributed by atoms with E-state index in [4.69, 9.17) is 5.11 Å². The number of aliphatic hydroxyl groups is 1. The Hall–Kier alpha value is -0.0200. The van der Waals surface area contributed by atoms with Crippen molar-refractivity contribution in [1.82, 2.24) is 0 Å². The van der Waals surface area contributed by atoms with Crippen molar-refractivity contribution in [2.45, 2.75) is 6.92 Å². The Morgan fingerprint density at radius 1 is 1.56 bits per heavy atom. The first kappa shape index (κ1) is 8.98. The highest BCUT2D eigenvalue weighted by Gasteiger charge is 2.17. The molecule has 0 aliphatic carbocycles. The van der Waals surface area contributed by atoms with E-state index in [9.17, 15) is 4.57 Å². The van der Waals surface area contributed by atoms with Crippen molar-refractivity contribution in [2.75, 3.05) is 19.8 Å². The molecule has 0 aromatic heterocycles. The quantitative estimate of drug-likeness (QED) is 0.590. The lowest BCUT2D eigenvalue weighted by atomic mass is 10.8. The van der Waals surface area contributed by atoms with Crippen LogP contribution in [0, 0.1) is 0 Å². The topological polar surface area (TPSA) is 55.8 Å². The first-order valence-corrected chi connectivity index (χ1v) is 3.74. The van der Waals surface area contributed by atoms with Crippen LogP contribution in [0.15, 0.2) is 0 Å². The molecule has 0 aliphatic rings. The predicted octanol–water partition coefficient (Wildman–Crippen LogP) is 0.689. The van der Waals surface area contributed by atoms with E-state index in [0.29, 0.717) is 6.61 Å². The molecule has 1 N–H and O–H groups in total. The molecule has 5 heteroatoms. The maximum absolute atomic E-state index is 10.4. The van der Waals surface area contributed by atoms with Gasteiger partial charge in [0.25, 0.3) is 0 Å². The van der Waals surface area contributed by atoms with Gasteiger partial charge in [-0.15, -0.1) is 9.05 Å². The maximum Gasteiger partial charge on any atom is 0.697 e. The molecule has 1 atom stereocenters. The van der Waals surface area contributed by atoms with Crippen LogP contribution in [0.1, 0.15) is 6.92 Å². The fourth-order valence-electron chi connectivity index (χ4n) is 0.258. The van der Waals surface area contributed by atoms with Crippen molar-refractivity contribution in [3.8, 4) is 0 Å². The molecule has 54 valence electrons. The highest BCUT2D eigenvalue weighted by Crippen LogP contribution is 2.21. The van der Waals surface area contributed by atoms with Crippen LogP contribution in [0.5, 0.6) is 0 Å². The van der Waals surface area contributed by atoms with Gasteiger partial charge >= 0.3 is 8.25 Å². The Morgan fingerprint density at radius 3 is 2.67 bits per heavy atom. The van der Waals surface area contributed by atoms with Crippen LogP contribution in [0.4, 0.5) is 0 Å². The van der Waals surface area contributed by atoms with Gasteiger partial charge in [-0.2, -0.15) is 0 Å². The Kier molecular flexibility index (Phi) is 6.09. The Labute approximate surface area is 54.7 Å².